The minimum absolute atomic E-state index is 0.176. The zero-order chi connectivity index (χ0) is 21.1. The highest BCUT2D eigenvalue weighted by Crippen LogP contribution is 2.39. The lowest BCUT2D eigenvalue weighted by atomic mass is 9.90. The van der Waals surface area contributed by atoms with Crippen LogP contribution in [0.2, 0.25) is 0 Å². The summed E-state index contributed by atoms with van der Waals surface area (Å²) in [5, 5.41) is 13.6. The van der Waals surface area contributed by atoms with Crippen LogP contribution in [0.25, 0.3) is 10.4 Å². The molecule has 0 bridgehead atoms. The van der Waals surface area contributed by atoms with Crippen molar-refractivity contribution in [3.8, 4) is 6.07 Å². The van der Waals surface area contributed by atoms with E-state index in [0.29, 0.717) is 6.42 Å². The van der Waals surface area contributed by atoms with Gasteiger partial charge in [-0.15, -0.1) is 0 Å². The molecule has 2 fully saturated rings. The third-order valence-corrected chi connectivity index (χ3v) is 4.73. The maximum Gasteiger partial charge on any atom is 0.411 e. The molecule has 2 saturated heterocycles. The maximum absolute atomic E-state index is 13.0. The number of ether oxygens (including phenoxy) is 3. The van der Waals surface area contributed by atoms with E-state index in [0.717, 1.165) is 0 Å². The van der Waals surface area contributed by atoms with Crippen molar-refractivity contribution in [3.63, 3.8) is 0 Å². The predicted molar refractivity (Wildman–Crippen MR) is 102 cm³/mol. The number of amides is 1. The van der Waals surface area contributed by atoms with Gasteiger partial charge in [0.2, 0.25) is 0 Å². The Bertz CT molecular complexity index is 702. The smallest absolute Gasteiger partial charge is 0.411 e. The molecule has 1 amide bonds. The predicted octanol–water partition coefficient (Wildman–Crippen LogP) is 3.91. The van der Waals surface area contributed by atoms with Gasteiger partial charge >= 0.3 is 6.09 Å². The number of carbonyl (C=O) groups is 1. The SMILES string of the molecule is C/C=C\C1CC(C#N)N(C(=O)OC(C)(C)C)C1C(N=[N+]=[N-])C1COC(C)(C)O1. The first kappa shape index (κ1) is 22.0. The van der Waals surface area contributed by atoms with Crippen molar-refractivity contribution in [1.29, 1.82) is 5.26 Å². The second-order valence-electron chi connectivity index (χ2n) is 8.51. The molecule has 154 valence electrons. The van der Waals surface area contributed by atoms with Gasteiger partial charge in [0, 0.05) is 10.8 Å². The Morgan fingerprint density at radius 3 is 2.64 bits per heavy atom. The molecule has 0 saturated carbocycles. The lowest BCUT2D eigenvalue weighted by molar-refractivity contribution is -0.142. The summed E-state index contributed by atoms with van der Waals surface area (Å²) in [7, 11) is 0. The minimum atomic E-state index is -0.812. The standard InChI is InChI=1S/C19H29N5O4/c1-7-8-12-9-13(10-20)24(17(25)28-18(2,3)4)16(12)15(22-23-21)14-11-26-19(5,6)27-14/h7-8,12-16H,9,11H2,1-6H3/b8-7-. The number of likely N-dealkylation sites (tertiary alicyclic amines) is 1. The molecule has 2 aliphatic heterocycles. The van der Waals surface area contributed by atoms with E-state index in [1.165, 1.54) is 4.90 Å². The van der Waals surface area contributed by atoms with Gasteiger partial charge < -0.3 is 14.2 Å². The van der Waals surface area contributed by atoms with Crippen molar-refractivity contribution in [3.05, 3.63) is 22.6 Å². The first-order chi connectivity index (χ1) is 13.0. The number of nitrogens with zero attached hydrogens (tertiary/aromatic N) is 5. The Morgan fingerprint density at radius 2 is 2.18 bits per heavy atom. The molecule has 0 aromatic carbocycles. The average Bonchev–Trinajstić information content (AvgIpc) is 3.11. The molecule has 2 heterocycles. The van der Waals surface area contributed by atoms with Crippen LogP contribution in [0.5, 0.6) is 0 Å². The minimum Gasteiger partial charge on any atom is -0.444 e. The van der Waals surface area contributed by atoms with Gasteiger partial charge in [0.25, 0.3) is 0 Å². The van der Waals surface area contributed by atoms with Crippen LogP contribution in [0, 0.1) is 17.2 Å². The van der Waals surface area contributed by atoms with E-state index in [-0.39, 0.29) is 12.5 Å². The number of nitriles is 1. The molecule has 5 atom stereocenters. The summed E-state index contributed by atoms with van der Waals surface area (Å²) in [6, 6.07) is 0.202. The monoisotopic (exact) mass is 391 g/mol. The molecule has 0 aliphatic carbocycles. The molecule has 0 radical (unpaired) electrons. The summed E-state index contributed by atoms with van der Waals surface area (Å²) >= 11 is 0. The van der Waals surface area contributed by atoms with Gasteiger partial charge in [-0.1, -0.05) is 17.3 Å². The van der Waals surface area contributed by atoms with Crippen LogP contribution in [-0.4, -0.2) is 53.2 Å². The molecule has 0 spiro atoms. The first-order valence-corrected chi connectivity index (χ1v) is 9.42. The zero-order valence-electron chi connectivity index (χ0n) is 17.3. The fraction of sp³-hybridized carbons (Fsp3) is 0.789. The molecule has 0 aromatic heterocycles. The molecular formula is C19H29N5O4. The van der Waals surface area contributed by atoms with Crippen LogP contribution < -0.4 is 0 Å². The van der Waals surface area contributed by atoms with Crippen LogP contribution in [0.3, 0.4) is 0 Å². The van der Waals surface area contributed by atoms with E-state index in [1.807, 2.05) is 19.1 Å². The highest BCUT2D eigenvalue weighted by Gasteiger charge is 2.52. The van der Waals surface area contributed by atoms with Crippen molar-refractivity contribution < 1.29 is 19.0 Å². The summed E-state index contributed by atoms with van der Waals surface area (Å²) < 4.78 is 17.1. The lowest BCUT2D eigenvalue weighted by Gasteiger charge is -2.36. The van der Waals surface area contributed by atoms with E-state index >= 15 is 0 Å². The van der Waals surface area contributed by atoms with E-state index in [9.17, 15) is 15.6 Å². The average molecular weight is 391 g/mol. The topological polar surface area (TPSA) is 121 Å². The number of allylic oxidation sites excluding steroid dienone is 1. The summed E-state index contributed by atoms with van der Waals surface area (Å²) in [6.07, 6.45) is 3.09. The zero-order valence-corrected chi connectivity index (χ0v) is 17.3. The molecule has 9 heteroatoms. The molecule has 5 unspecified atom stereocenters. The molecule has 28 heavy (non-hydrogen) atoms. The first-order valence-electron chi connectivity index (χ1n) is 9.42. The molecular weight excluding hydrogens is 362 g/mol. The van der Waals surface area contributed by atoms with Crippen LogP contribution in [-0.2, 0) is 14.2 Å². The Kier molecular flexibility index (Phi) is 6.60. The Labute approximate surface area is 165 Å². The van der Waals surface area contributed by atoms with Crippen molar-refractivity contribution >= 4 is 6.09 Å². The van der Waals surface area contributed by atoms with Crippen LogP contribution in [0.1, 0.15) is 48.0 Å². The Balaban J connectivity index is 2.45. The van der Waals surface area contributed by atoms with Crippen molar-refractivity contribution in [1.82, 2.24) is 4.90 Å². The normalized spacial score (nSPS) is 30.7. The maximum atomic E-state index is 13.0. The summed E-state index contributed by atoms with van der Waals surface area (Å²) in [6.45, 7) is 11.0. The number of hydrogen-bond donors (Lipinski definition) is 0. The van der Waals surface area contributed by atoms with Crippen LogP contribution in [0.4, 0.5) is 4.79 Å². The highest BCUT2D eigenvalue weighted by atomic mass is 16.7. The summed E-state index contributed by atoms with van der Waals surface area (Å²) in [5.74, 6) is -0.987. The van der Waals surface area contributed by atoms with E-state index < -0.39 is 41.7 Å². The highest BCUT2D eigenvalue weighted by molar-refractivity contribution is 5.70. The molecule has 0 aromatic rings. The molecule has 0 N–H and O–H groups in total. The third kappa shape index (κ3) is 4.96. The van der Waals surface area contributed by atoms with Gasteiger partial charge in [0.05, 0.1) is 30.9 Å². The fourth-order valence-electron chi connectivity index (χ4n) is 3.77. The van der Waals surface area contributed by atoms with Crippen molar-refractivity contribution in [2.75, 3.05) is 6.61 Å². The second kappa shape index (κ2) is 8.39. The Hall–Kier alpha value is -2.27. The quantitative estimate of drug-likeness (QED) is 0.311. The van der Waals surface area contributed by atoms with Gasteiger partial charge in [-0.3, -0.25) is 4.90 Å². The molecule has 2 rings (SSSR count). The van der Waals surface area contributed by atoms with Crippen molar-refractivity contribution in [2.45, 2.75) is 83.6 Å². The van der Waals surface area contributed by atoms with Gasteiger partial charge in [0.15, 0.2) is 5.79 Å². The summed E-state index contributed by atoms with van der Waals surface area (Å²) in [5.41, 5.74) is 8.46. The third-order valence-electron chi connectivity index (χ3n) is 4.73. The van der Waals surface area contributed by atoms with Gasteiger partial charge in [0.1, 0.15) is 11.6 Å². The number of rotatable bonds is 4. The fourth-order valence-corrected chi connectivity index (χ4v) is 3.77. The number of carbonyl (C=O) groups excluding carboxylic acids is 1. The van der Waals surface area contributed by atoms with E-state index in [2.05, 4.69) is 16.1 Å². The lowest BCUT2D eigenvalue weighted by Crippen LogP contribution is -2.53. The number of azide groups is 1. The second-order valence-corrected chi connectivity index (χ2v) is 8.51. The van der Waals surface area contributed by atoms with Crippen LogP contribution in [0.15, 0.2) is 17.3 Å². The van der Waals surface area contributed by atoms with Gasteiger partial charge in [-0.05, 0) is 53.5 Å². The number of hydrogen-bond acceptors (Lipinski definition) is 6. The van der Waals surface area contributed by atoms with Gasteiger partial charge in [-0.2, -0.15) is 5.26 Å². The summed E-state index contributed by atoms with van der Waals surface area (Å²) in [4.78, 5) is 17.4. The molecule has 2 aliphatic rings. The molecule has 9 nitrogen and oxygen atoms in total. The van der Waals surface area contributed by atoms with E-state index in [4.69, 9.17) is 14.2 Å². The van der Waals surface area contributed by atoms with E-state index in [1.54, 1.807) is 34.6 Å². The largest absolute Gasteiger partial charge is 0.444 e. The van der Waals surface area contributed by atoms with Gasteiger partial charge in [-0.25, -0.2) is 4.79 Å². The van der Waals surface area contributed by atoms with Crippen LogP contribution >= 0.6 is 0 Å². The van der Waals surface area contributed by atoms with Crippen molar-refractivity contribution in [2.24, 2.45) is 11.0 Å². The Morgan fingerprint density at radius 1 is 1.50 bits per heavy atom.